The molecule has 13 heavy (non-hydrogen) atoms. The molecule has 0 radical (unpaired) electrons. The SMILES string of the molecule is CC(=C(F)F)C1(N)CCCNC1.Cl. The molecular weight excluding hydrogens is 198 g/mol. The summed E-state index contributed by atoms with van der Waals surface area (Å²) in [4.78, 5) is 0. The molecule has 0 spiro atoms. The standard InChI is InChI=1S/C8H14F2N2.ClH/c1-6(7(9)10)8(11)3-2-4-12-5-8;/h12H,2-5,11H2,1H3;1H. The molecule has 0 amide bonds. The highest BCUT2D eigenvalue weighted by Gasteiger charge is 2.31. The lowest BCUT2D eigenvalue weighted by molar-refractivity contribution is 0.326. The van der Waals surface area contributed by atoms with Crippen molar-refractivity contribution >= 4 is 12.4 Å². The number of hydrogen-bond acceptors (Lipinski definition) is 2. The van der Waals surface area contributed by atoms with Gasteiger partial charge in [-0.2, -0.15) is 8.78 Å². The third kappa shape index (κ3) is 2.90. The summed E-state index contributed by atoms with van der Waals surface area (Å²) in [5.74, 6) is 0. The van der Waals surface area contributed by atoms with Gasteiger partial charge in [-0.05, 0) is 26.3 Å². The first-order chi connectivity index (χ1) is 5.56. The van der Waals surface area contributed by atoms with E-state index in [9.17, 15) is 8.78 Å². The van der Waals surface area contributed by atoms with Gasteiger partial charge in [0.1, 0.15) is 0 Å². The van der Waals surface area contributed by atoms with E-state index in [1.165, 1.54) is 6.92 Å². The van der Waals surface area contributed by atoms with E-state index in [0.29, 0.717) is 13.0 Å². The van der Waals surface area contributed by atoms with E-state index in [2.05, 4.69) is 5.32 Å². The van der Waals surface area contributed by atoms with Gasteiger partial charge in [-0.25, -0.2) is 0 Å². The first-order valence-corrected chi connectivity index (χ1v) is 4.08. The summed E-state index contributed by atoms with van der Waals surface area (Å²) >= 11 is 0. The molecule has 1 saturated heterocycles. The van der Waals surface area contributed by atoms with Crippen LogP contribution in [0.25, 0.3) is 0 Å². The zero-order valence-corrected chi connectivity index (χ0v) is 8.39. The highest BCUT2D eigenvalue weighted by atomic mass is 35.5. The number of rotatable bonds is 1. The highest BCUT2D eigenvalue weighted by Crippen LogP contribution is 2.25. The van der Waals surface area contributed by atoms with Gasteiger partial charge in [0.2, 0.25) is 0 Å². The van der Waals surface area contributed by atoms with E-state index in [1.54, 1.807) is 0 Å². The maximum absolute atomic E-state index is 12.2. The van der Waals surface area contributed by atoms with Gasteiger partial charge in [-0.3, -0.25) is 0 Å². The van der Waals surface area contributed by atoms with Crippen molar-refractivity contribution in [3.63, 3.8) is 0 Å². The second-order valence-corrected chi connectivity index (χ2v) is 3.32. The summed E-state index contributed by atoms with van der Waals surface area (Å²) in [6.07, 6.45) is -0.134. The number of hydrogen-bond donors (Lipinski definition) is 2. The largest absolute Gasteiger partial charge is 0.320 e. The van der Waals surface area contributed by atoms with Crippen molar-refractivity contribution in [3.8, 4) is 0 Å². The Labute approximate surface area is 83.0 Å². The molecule has 0 aliphatic carbocycles. The molecule has 0 aromatic carbocycles. The topological polar surface area (TPSA) is 38.0 Å². The number of piperidine rings is 1. The first kappa shape index (κ1) is 12.8. The van der Waals surface area contributed by atoms with Crippen molar-refractivity contribution < 1.29 is 8.78 Å². The van der Waals surface area contributed by atoms with Crippen LogP contribution in [-0.4, -0.2) is 18.6 Å². The Morgan fingerprint density at radius 3 is 2.46 bits per heavy atom. The van der Waals surface area contributed by atoms with Gasteiger partial charge in [0.15, 0.2) is 0 Å². The average Bonchev–Trinajstić information content (AvgIpc) is 2.04. The summed E-state index contributed by atoms with van der Waals surface area (Å²) in [6, 6.07) is 0. The van der Waals surface area contributed by atoms with E-state index in [1.807, 2.05) is 0 Å². The van der Waals surface area contributed by atoms with Gasteiger partial charge in [-0.15, -0.1) is 12.4 Å². The van der Waals surface area contributed by atoms with E-state index >= 15 is 0 Å². The van der Waals surface area contributed by atoms with E-state index in [4.69, 9.17) is 5.73 Å². The minimum Gasteiger partial charge on any atom is -0.320 e. The van der Waals surface area contributed by atoms with E-state index in [-0.39, 0.29) is 18.0 Å². The Balaban J connectivity index is 0.00000144. The Morgan fingerprint density at radius 2 is 2.08 bits per heavy atom. The van der Waals surface area contributed by atoms with Gasteiger partial charge < -0.3 is 11.1 Å². The summed E-state index contributed by atoms with van der Waals surface area (Å²) in [6.45, 7) is 2.73. The molecule has 1 atom stereocenters. The molecule has 1 rings (SSSR count). The van der Waals surface area contributed by atoms with Crippen LogP contribution in [0, 0.1) is 0 Å². The molecule has 1 unspecified atom stereocenters. The van der Waals surface area contributed by atoms with Crippen LogP contribution in [0.1, 0.15) is 19.8 Å². The predicted molar refractivity (Wildman–Crippen MR) is 51.2 cm³/mol. The van der Waals surface area contributed by atoms with Crippen molar-refractivity contribution in [1.82, 2.24) is 5.32 Å². The Morgan fingerprint density at radius 1 is 1.46 bits per heavy atom. The molecule has 3 N–H and O–H groups in total. The zero-order valence-electron chi connectivity index (χ0n) is 7.57. The van der Waals surface area contributed by atoms with Crippen molar-refractivity contribution in [3.05, 3.63) is 11.7 Å². The third-order valence-corrected chi connectivity index (χ3v) is 2.45. The fraction of sp³-hybridized carbons (Fsp3) is 0.750. The van der Waals surface area contributed by atoms with Gasteiger partial charge in [-0.1, -0.05) is 0 Å². The van der Waals surface area contributed by atoms with Crippen molar-refractivity contribution in [2.45, 2.75) is 25.3 Å². The molecule has 1 aliphatic heterocycles. The molecule has 0 aromatic rings. The third-order valence-electron chi connectivity index (χ3n) is 2.45. The minimum atomic E-state index is -1.64. The maximum atomic E-state index is 12.2. The minimum absolute atomic E-state index is 0. The van der Waals surface area contributed by atoms with Crippen LogP contribution in [0.15, 0.2) is 11.7 Å². The van der Waals surface area contributed by atoms with Crippen LogP contribution in [0.4, 0.5) is 8.78 Å². The maximum Gasteiger partial charge on any atom is 0.271 e. The van der Waals surface area contributed by atoms with Crippen LogP contribution >= 0.6 is 12.4 Å². The quantitative estimate of drug-likeness (QED) is 0.694. The lowest BCUT2D eigenvalue weighted by Gasteiger charge is -2.34. The number of nitrogens with one attached hydrogen (secondary N) is 1. The fourth-order valence-corrected chi connectivity index (χ4v) is 1.44. The number of nitrogens with two attached hydrogens (primary N) is 1. The van der Waals surface area contributed by atoms with Crippen molar-refractivity contribution in [1.29, 1.82) is 0 Å². The molecule has 1 aliphatic rings. The molecule has 1 fully saturated rings. The summed E-state index contributed by atoms with van der Waals surface area (Å²) in [5, 5.41) is 3.02. The van der Waals surface area contributed by atoms with Crippen molar-refractivity contribution in [2.75, 3.05) is 13.1 Å². The fourth-order valence-electron chi connectivity index (χ4n) is 1.44. The summed E-state index contributed by atoms with van der Waals surface area (Å²) in [5.41, 5.74) is 5.00. The lowest BCUT2D eigenvalue weighted by atomic mass is 9.85. The molecular formula is C8H15ClF2N2. The van der Waals surface area contributed by atoms with Crippen LogP contribution in [-0.2, 0) is 0 Å². The molecule has 0 bridgehead atoms. The molecule has 0 saturated carbocycles. The predicted octanol–water partition coefficient (Wildman–Crippen LogP) is 1.66. The van der Waals surface area contributed by atoms with Crippen molar-refractivity contribution in [2.24, 2.45) is 5.73 Å². The van der Waals surface area contributed by atoms with Gasteiger partial charge in [0.25, 0.3) is 6.08 Å². The number of halogens is 3. The highest BCUT2D eigenvalue weighted by molar-refractivity contribution is 5.85. The van der Waals surface area contributed by atoms with E-state index < -0.39 is 11.6 Å². The van der Waals surface area contributed by atoms with Crippen LogP contribution in [0.5, 0.6) is 0 Å². The Bertz CT molecular complexity index is 196. The van der Waals surface area contributed by atoms with E-state index in [0.717, 1.165) is 13.0 Å². The van der Waals surface area contributed by atoms with Crippen LogP contribution in [0.2, 0.25) is 0 Å². The molecule has 78 valence electrons. The normalized spacial score (nSPS) is 27.7. The lowest BCUT2D eigenvalue weighted by Crippen LogP contribution is -2.53. The summed E-state index contributed by atoms with van der Waals surface area (Å²) in [7, 11) is 0. The first-order valence-electron chi connectivity index (χ1n) is 4.08. The monoisotopic (exact) mass is 212 g/mol. The average molecular weight is 213 g/mol. The zero-order chi connectivity index (χ0) is 9.19. The van der Waals surface area contributed by atoms with Gasteiger partial charge >= 0.3 is 0 Å². The Hall–Kier alpha value is -0.190. The second-order valence-electron chi connectivity index (χ2n) is 3.32. The second kappa shape index (κ2) is 4.88. The molecule has 1 heterocycles. The Kier molecular flexibility index (Phi) is 4.81. The van der Waals surface area contributed by atoms with Crippen LogP contribution in [0.3, 0.4) is 0 Å². The van der Waals surface area contributed by atoms with Gasteiger partial charge in [0.05, 0.1) is 5.54 Å². The molecule has 0 aromatic heterocycles. The smallest absolute Gasteiger partial charge is 0.271 e. The molecule has 5 heteroatoms. The van der Waals surface area contributed by atoms with Gasteiger partial charge in [0, 0.05) is 12.1 Å². The van der Waals surface area contributed by atoms with Crippen LogP contribution < -0.4 is 11.1 Å². The molecule has 2 nitrogen and oxygen atoms in total. The summed E-state index contributed by atoms with van der Waals surface area (Å²) < 4.78 is 24.5.